The number of terminal acetylenes is 1. The highest BCUT2D eigenvalue weighted by Crippen LogP contribution is 2.35. The summed E-state index contributed by atoms with van der Waals surface area (Å²) in [4.78, 5) is 11.6. The number of esters is 1. The van der Waals surface area contributed by atoms with Crippen molar-refractivity contribution >= 4 is 16.9 Å². The second-order valence-electron chi connectivity index (χ2n) is 3.70. The molecule has 1 aromatic carbocycles. The van der Waals surface area contributed by atoms with Gasteiger partial charge in [0, 0.05) is 0 Å². The molecule has 18 heavy (non-hydrogen) atoms. The van der Waals surface area contributed by atoms with Gasteiger partial charge in [-0.15, -0.1) is 6.42 Å². The van der Waals surface area contributed by atoms with Gasteiger partial charge in [-0.05, 0) is 18.6 Å². The van der Waals surface area contributed by atoms with Crippen LogP contribution in [0.3, 0.4) is 0 Å². The van der Waals surface area contributed by atoms with Gasteiger partial charge in [0.25, 0.3) is 5.76 Å². The fourth-order valence-corrected chi connectivity index (χ4v) is 1.72. The summed E-state index contributed by atoms with van der Waals surface area (Å²) in [6, 6.07) is 5.55. The summed E-state index contributed by atoms with van der Waals surface area (Å²) >= 11 is 0. The molecule has 92 valence electrons. The van der Waals surface area contributed by atoms with Crippen molar-refractivity contribution < 1.29 is 18.7 Å². The highest BCUT2D eigenvalue weighted by atomic mass is 16.5. The fraction of sp³-hybridized carbons (Fsp3) is 0.214. The molecule has 0 aliphatic carbocycles. The van der Waals surface area contributed by atoms with Crippen LogP contribution in [-0.2, 0) is 4.74 Å². The Balaban J connectivity index is 2.65. The smallest absolute Gasteiger partial charge is 0.377 e. The number of fused-ring (bicyclic) bond motifs is 1. The monoisotopic (exact) mass is 244 g/mol. The van der Waals surface area contributed by atoms with Crippen LogP contribution in [0.5, 0.6) is 5.75 Å². The first-order valence-electron chi connectivity index (χ1n) is 5.35. The van der Waals surface area contributed by atoms with Gasteiger partial charge in [-0.1, -0.05) is 18.1 Å². The van der Waals surface area contributed by atoms with E-state index >= 15 is 0 Å². The van der Waals surface area contributed by atoms with Gasteiger partial charge in [-0.2, -0.15) is 0 Å². The Labute approximate surface area is 104 Å². The second-order valence-corrected chi connectivity index (χ2v) is 3.70. The molecule has 0 fully saturated rings. The average molecular weight is 244 g/mol. The number of para-hydroxylation sites is 1. The van der Waals surface area contributed by atoms with Gasteiger partial charge in [0.05, 0.1) is 12.5 Å². The SMILES string of the molecule is C#CCOc1c(C(=O)OC)oc2c(C)cccc12. The number of carbonyl (C=O) groups is 1. The van der Waals surface area contributed by atoms with Crippen molar-refractivity contribution in [3.8, 4) is 18.1 Å². The summed E-state index contributed by atoms with van der Waals surface area (Å²) in [6.45, 7) is 1.95. The van der Waals surface area contributed by atoms with Crippen molar-refractivity contribution in [3.05, 3.63) is 29.5 Å². The summed E-state index contributed by atoms with van der Waals surface area (Å²) < 4.78 is 15.6. The molecule has 0 aliphatic heterocycles. The molecule has 0 atom stereocenters. The Morgan fingerprint density at radius 2 is 2.28 bits per heavy atom. The average Bonchev–Trinajstić information content (AvgIpc) is 2.75. The standard InChI is InChI=1S/C14H12O4/c1-4-8-17-12-10-7-5-6-9(2)11(10)18-13(12)14(15)16-3/h1,5-7H,8H2,2-3H3. The van der Waals surface area contributed by atoms with E-state index in [0.29, 0.717) is 16.7 Å². The molecular formula is C14H12O4. The summed E-state index contributed by atoms with van der Waals surface area (Å²) in [6.07, 6.45) is 5.16. The summed E-state index contributed by atoms with van der Waals surface area (Å²) in [5, 5.41) is 0.714. The molecule has 2 aromatic rings. The number of furan rings is 1. The predicted molar refractivity (Wildman–Crippen MR) is 66.6 cm³/mol. The first-order valence-corrected chi connectivity index (χ1v) is 5.35. The zero-order chi connectivity index (χ0) is 13.1. The lowest BCUT2D eigenvalue weighted by Crippen LogP contribution is -2.03. The number of hydrogen-bond donors (Lipinski definition) is 0. The molecule has 2 rings (SSSR count). The Kier molecular flexibility index (Phi) is 3.24. The molecule has 1 heterocycles. The van der Waals surface area contributed by atoms with Gasteiger partial charge in [0.1, 0.15) is 12.2 Å². The van der Waals surface area contributed by atoms with E-state index < -0.39 is 5.97 Å². The Bertz CT molecular complexity index is 631. The Hall–Kier alpha value is -2.41. The number of benzene rings is 1. The number of hydrogen-bond acceptors (Lipinski definition) is 4. The third-order valence-corrected chi connectivity index (χ3v) is 2.54. The van der Waals surface area contributed by atoms with Gasteiger partial charge in [-0.3, -0.25) is 0 Å². The molecule has 0 unspecified atom stereocenters. The maximum atomic E-state index is 11.6. The Morgan fingerprint density at radius 3 is 2.94 bits per heavy atom. The van der Waals surface area contributed by atoms with Crippen LogP contribution in [0.2, 0.25) is 0 Å². The summed E-state index contributed by atoms with van der Waals surface area (Å²) in [7, 11) is 1.29. The van der Waals surface area contributed by atoms with Crippen molar-refractivity contribution in [1.29, 1.82) is 0 Å². The molecular weight excluding hydrogens is 232 g/mol. The molecule has 0 amide bonds. The van der Waals surface area contributed by atoms with Crippen LogP contribution in [0, 0.1) is 19.3 Å². The number of ether oxygens (including phenoxy) is 2. The predicted octanol–water partition coefficient (Wildman–Crippen LogP) is 2.54. The zero-order valence-corrected chi connectivity index (χ0v) is 10.1. The molecule has 0 N–H and O–H groups in total. The third-order valence-electron chi connectivity index (χ3n) is 2.54. The maximum Gasteiger partial charge on any atom is 0.377 e. The lowest BCUT2D eigenvalue weighted by atomic mass is 10.1. The first-order chi connectivity index (χ1) is 8.69. The number of aryl methyl sites for hydroxylation is 1. The minimum Gasteiger partial charge on any atom is -0.476 e. The number of carbonyl (C=O) groups excluding carboxylic acids is 1. The zero-order valence-electron chi connectivity index (χ0n) is 10.1. The maximum absolute atomic E-state index is 11.6. The summed E-state index contributed by atoms with van der Waals surface area (Å²) in [5.41, 5.74) is 1.51. The van der Waals surface area contributed by atoms with Gasteiger partial charge >= 0.3 is 5.97 Å². The van der Waals surface area contributed by atoms with Crippen LogP contribution in [0.25, 0.3) is 11.0 Å². The van der Waals surface area contributed by atoms with Crippen LogP contribution >= 0.6 is 0 Å². The Morgan fingerprint density at radius 1 is 1.50 bits per heavy atom. The molecule has 4 heteroatoms. The van der Waals surface area contributed by atoms with E-state index in [2.05, 4.69) is 10.7 Å². The van der Waals surface area contributed by atoms with Crippen molar-refractivity contribution in [1.82, 2.24) is 0 Å². The third kappa shape index (κ3) is 1.91. The highest BCUT2D eigenvalue weighted by molar-refractivity contribution is 5.99. The van der Waals surface area contributed by atoms with E-state index in [1.54, 1.807) is 0 Å². The van der Waals surface area contributed by atoms with Crippen molar-refractivity contribution in [2.75, 3.05) is 13.7 Å². The quantitative estimate of drug-likeness (QED) is 0.615. The minimum atomic E-state index is -0.586. The first kappa shape index (κ1) is 12.1. The van der Waals surface area contributed by atoms with Gasteiger partial charge in [0.2, 0.25) is 0 Å². The topological polar surface area (TPSA) is 48.7 Å². The largest absolute Gasteiger partial charge is 0.476 e. The molecule has 0 radical (unpaired) electrons. The van der Waals surface area contributed by atoms with Crippen LogP contribution in [-0.4, -0.2) is 19.7 Å². The molecule has 0 spiro atoms. The molecule has 0 aliphatic rings. The van der Waals surface area contributed by atoms with Crippen molar-refractivity contribution in [2.45, 2.75) is 6.92 Å². The van der Waals surface area contributed by atoms with E-state index in [0.717, 1.165) is 5.56 Å². The fourth-order valence-electron chi connectivity index (χ4n) is 1.72. The van der Waals surface area contributed by atoms with Crippen molar-refractivity contribution in [2.24, 2.45) is 0 Å². The van der Waals surface area contributed by atoms with E-state index in [9.17, 15) is 4.79 Å². The molecule has 0 bridgehead atoms. The van der Waals surface area contributed by atoms with Gasteiger partial charge in [-0.25, -0.2) is 4.79 Å². The van der Waals surface area contributed by atoms with Gasteiger partial charge in [0.15, 0.2) is 5.75 Å². The van der Waals surface area contributed by atoms with E-state index in [1.165, 1.54) is 7.11 Å². The van der Waals surface area contributed by atoms with Gasteiger partial charge < -0.3 is 13.9 Å². The number of rotatable bonds is 3. The number of methoxy groups -OCH3 is 1. The highest BCUT2D eigenvalue weighted by Gasteiger charge is 2.23. The molecule has 0 saturated carbocycles. The van der Waals surface area contributed by atoms with E-state index in [-0.39, 0.29) is 12.4 Å². The molecule has 1 aromatic heterocycles. The van der Waals surface area contributed by atoms with E-state index in [1.807, 2.05) is 25.1 Å². The summed E-state index contributed by atoms with van der Waals surface area (Å²) in [5.74, 6) is 2.14. The second kappa shape index (κ2) is 4.84. The molecule has 4 nitrogen and oxygen atoms in total. The molecule has 0 saturated heterocycles. The lowest BCUT2D eigenvalue weighted by molar-refractivity contribution is 0.0562. The van der Waals surface area contributed by atoms with Crippen molar-refractivity contribution in [3.63, 3.8) is 0 Å². The van der Waals surface area contributed by atoms with Crippen LogP contribution in [0.4, 0.5) is 0 Å². The van der Waals surface area contributed by atoms with Crippen LogP contribution < -0.4 is 4.74 Å². The minimum absolute atomic E-state index is 0.0389. The lowest BCUT2D eigenvalue weighted by Gasteiger charge is -2.01. The normalized spacial score (nSPS) is 10.1. The van der Waals surface area contributed by atoms with Crippen LogP contribution in [0.15, 0.2) is 22.6 Å². The van der Waals surface area contributed by atoms with E-state index in [4.69, 9.17) is 15.6 Å². The van der Waals surface area contributed by atoms with Crippen LogP contribution in [0.1, 0.15) is 16.1 Å².